The summed E-state index contributed by atoms with van der Waals surface area (Å²) in [7, 11) is 3.83. The molecule has 0 radical (unpaired) electrons. The van der Waals surface area contributed by atoms with E-state index in [2.05, 4.69) is 31.1 Å². The lowest BCUT2D eigenvalue weighted by molar-refractivity contribution is 0.206. The molecule has 1 aliphatic carbocycles. The summed E-state index contributed by atoms with van der Waals surface area (Å²) in [6, 6.07) is 0.517. The van der Waals surface area contributed by atoms with E-state index >= 15 is 0 Å². The van der Waals surface area contributed by atoms with Crippen LogP contribution in [-0.2, 0) is 11.3 Å². The van der Waals surface area contributed by atoms with Gasteiger partial charge in [0.05, 0.1) is 12.3 Å². The van der Waals surface area contributed by atoms with Gasteiger partial charge >= 0.3 is 0 Å². The van der Waals surface area contributed by atoms with Gasteiger partial charge in [0, 0.05) is 44.1 Å². The average molecular weight is 283 g/mol. The monoisotopic (exact) mass is 283 g/mol. The maximum Gasteiger partial charge on any atom is 0.185 e. The molecule has 0 saturated heterocycles. The molecular weight excluding hydrogens is 258 g/mol. The lowest BCUT2D eigenvalue weighted by Gasteiger charge is -2.14. The lowest BCUT2D eigenvalue weighted by Crippen LogP contribution is -2.22. The number of aromatic nitrogens is 1. The minimum Gasteiger partial charge on any atom is -0.383 e. The van der Waals surface area contributed by atoms with E-state index in [1.165, 1.54) is 23.4 Å². The number of thiazole rings is 1. The number of methoxy groups -OCH3 is 1. The number of nitrogens with zero attached hydrogens (tertiary/aromatic N) is 2. The van der Waals surface area contributed by atoms with Crippen LogP contribution in [0, 0.1) is 0 Å². The Morgan fingerprint density at radius 2 is 2.21 bits per heavy atom. The summed E-state index contributed by atoms with van der Waals surface area (Å²) in [5.41, 5.74) is 1.33. The van der Waals surface area contributed by atoms with Crippen molar-refractivity contribution in [2.75, 3.05) is 32.2 Å². The van der Waals surface area contributed by atoms with Gasteiger partial charge in [-0.2, -0.15) is 0 Å². The molecule has 2 rings (SSSR count). The van der Waals surface area contributed by atoms with E-state index in [1.807, 2.05) is 11.3 Å². The van der Waals surface area contributed by atoms with E-state index in [0.717, 1.165) is 24.8 Å². The Morgan fingerprint density at radius 1 is 1.47 bits per heavy atom. The second-order valence-corrected chi connectivity index (χ2v) is 6.59. The van der Waals surface area contributed by atoms with Crippen molar-refractivity contribution in [3.8, 4) is 0 Å². The highest BCUT2D eigenvalue weighted by Crippen LogP contribution is 2.44. The van der Waals surface area contributed by atoms with Crippen LogP contribution in [-0.4, -0.2) is 38.3 Å². The van der Waals surface area contributed by atoms with E-state index in [9.17, 15) is 0 Å². The molecule has 1 aliphatic rings. The molecule has 0 spiro atoms. The summed E-state index contributed by atoms with van der Waals surface area (Å²) in [6.45, 7) is 6.95. The summed E-state index contributed by atoms with van der Waals surface area (Å²) in [5, 5.41) is 4.63. The zero-order valence-corrected chi connectivity index (χ0v) is 13.2. The van der Waals surface area contributed by atoms with Crippen molar-refractivity contribution >= 4 is 16.5 Å². The molecule has 1 aromatic heterocycles. The van der Waals surface area contributed by atoms with Gasteiger partial charge in [0.1, 0.15) is 0 Å². The Kier molecular flexibility index (Phi) is 5.19. The van der Waals surface area contributed by atoms with Crippen LogP contribution in [0.2, 0.25) is 0 Å². The predicted molar refractivity (Wildman–Crippen MR) is 81.2 cm³/mol. The van der Waals surface area contributed by atoms with Crippen LogP contribution in [0.25, 0.3) is 0 Å². The number of rotatable bonds is 8. The summed E-state index contributed by atoms with van der Waals surface area (Å²) >= 11 is 1.83. The Balaban J connectivity index is 2.05. The first-order chi connectivity index (χ1) is 9.11. The van der Waals surface area contributed by atoms with Gasteiger partial charge in [-0.3, -0.25) is 0 Å². The average Bonchev–Trinajstić information content (AvgIpc) is 3.13. The highest BCUT2D eigenvalue weighted by molar-refractivity contribution is 7.15. The standard InChI is InChI=1S/C14H25N3OS/c1-10(2)15-9-12-13(11-5-6-11)16-14(19-12)17(3)7-8-18-4/h10-11,15H,5-9H2,1-4H3. The summed E-state index contributed by atoms with van der Waals surface area (Å²) in [5.74, 6) is 0.713. The number of likely N-dealkylation sites (N-methyl/N-ethyl adjacent to an activating group) is 1. The molecule has 1 saturated carbocycles. The lowest BCUT2D eigenvalue weighted by atomic mass is 10.2. The molecule has 1 fully saturated rings. The molecule has 0 aromatic carbocycles. The molecule has 19 heavy (non-hydrogen) atoms. The third-order valence-electron chi connectivity index (χ3n) is 3.31. The molecule has 108 valence electrons. The zero-order chi connectivity index (χ0) is 13.8. The molecule has 0 aliphatic heterocycles. The molecule has 0 amide bonds. The third kappa shape index (κ3) is 4.16. The number of nitrogens with one attached hydrogen (secondary N) is 1. The van der Waals surface area contributed by atoms with E-state index in [-0.39, 0.29) is 0 Å². The molecule has 0 unspecified atom stereocenters. The van der Waals surface area contributed by atoms with Gasteiger partial charge in [0.15, 0.2) is 5.13 Å². The maximum absolute atomic E-state index is 5.13. The van der Waals surface area contributed by atoms with Crippen molar-refractivity contribution in [3.05, 3.63) is 10.6 Å². The van der Waals surface area contributed by atoms with Crippen molar-refractivity contribution in [1.82, 2.24) is 10.3 Å². The van der Waals surface area contributed by atoms with Crippen LogP contribution in [0.3, 0.4) is 0 Å². The second kappa shape index (κ2) is 6.68. The highest BCUT2D eigenvalue weighted by Gasteiger charge is 2.30. The van der Waals surface area contributed by atoms with Crippen molar-refractivity contribution in [3.63, 3.8) is 0 Å². The van der Waals surface area contributed by atoms with Crippen molar-refractivity contribution in [2.45, 2.75) is 45.2 Å². The van der Waals surface area contributed by atoms with Gasteiger partial charge in [-0.15, -0.1) is 11.3 Å². The van der Waals surface area contributed by atoms with Gasteiger partial charge in [0.25, 0.3) is 0 Å². The second-order valence-electron chi connectivity index (χ2n) is 5.53. The number of ether oxygens (including phenoxy) is 1. The van der Waals surface area contributed by atoms with Gasteiger partial charge in [-0.1, -0.05) is 13.8 Å². The van der Waals surface area contributed by atoms with Crippen molar-refractivity contribution in [1.29, 1.82) is 0 Å². The zero-order valence-electron chi connectivity index (χ0n) is 12.4. The molecule has 0 bridgehead atoms. The molecule has 1 heterocycles. The Morgan fingerprint density at radius 3 is 2.79 bits per heavy atom. The van der Waals surface area contributed by atoms with Crippen molar-refractivity contribution in [2.24, 2.45) is 0 Å². The minimum absolute atomic E-state index is 0.517. The SMILES string of the molecule is COCCN(C)c1nc(C2CC2)c(CNC(C)C)s1. The van der Waals surface area contributed by atoms with E-state index in [0.29, 0.717) is 12.0 Å². The van der Waals surface area contributed by atoms with Gasteiger partial charge in [-0.05, 0) is 12.8 Å². The van der Waals surface area contributed by atoms with Crippen LogP contribution in [0.15, 0.2) is 0 Å². The third-order valence-corrected chi connectivity index (χ3v) is 4.49. The normalized spacial score (nSPS) is 15.2. The quantitative estimate of drug-likeness (QED) is 0.796. The van der Waals surface area contributed by atoms with Gasteiger partial charge in [0.2, 0.25) is 0 Å². The maximum atomic E-state index is 5.13. The fourth-order valence-electron chi connectivity index (χ4n) is 1.94. The van der Waals surface area contributed by atoms with E-state index in [4.69, 9.17) is 9.72 Å². The first kappa shape index (κ1) is 14.8. The fraction of sp³-hybridized carbons (Fsp3) is 0.786. The molecule has 4 nitrogen and oxygen atoms in total. The smallest absolute Gasteiger partial charge is 0.185 e. The summed E-state index contributed by atoms with van der Waals surface area (Å²) < 4.78 is 5.13. The molecule has 1 aromatic rings. The highest BCUT2D eigenvalue weighted by atomic mass is 32.1. The number of hydrogen-bond acceptors (Lipinski definition) is 5. The first-order valence-corrected chi connectivity index (χ1v) is 7.86. The van der Waals surface area contributed by atoms with E-state index in [1.54, 1.807) is 7.11 Å². The summed E-state index contributed by atoms with van der Waals surface area (Å²) in [4.78, 5) is 8.46. The van der Waals surface area contributed by atoms with Gasteiger partial charge < -0.3 is 15.0 Å². The van der Waals surface area contributed by atoms with Crippen LogP contribution in [0.5, 0.6) is 0 Å². The predicted octanol–water partition coefficient (Wildman–Crippen LogP) is 2.60. The van der Waals surface area contributed by atoms with Crippen LogP contribution in [0.1, 0.15) is 43.2 Å². The molecule has 5 heteroatoms. The number of hydrogen-bond donors (Lipinski definition) is 1. The Labute approximate surface area is 120 Å². The first-order valence-electron chi connectivity index (χ1n) is 7.05. The number of anilines is 1. The molecule has 0 atom stereocenters. The van der Waals surface area contributed by atoms with E-state index < -0.39 is 0 Å². The fourth-order valence-corrected chi connectivity index (χ4v) is 3.02. The van der Waals surface area contributed by atoms with Crippen molar-refractivity contribution < 1.29 is 4.74 Å². The van der Waals surface area contributed by atoms with Gasteiger partial charge in [-0.25, -0.2) is 4.98 Å². The molecular formula is C14H25N3OS. The molecule has 1 N–H and O–H groups in total. The Hall–Kier alpha value is -0.650. The summed E-state index contributed by atoms with van der Waals surface area (Å²) in [6.07, 6.45) is 2.61. The topological polar surface area (TPSA) is 37.4 Å². The minimum atomic E-state index is 0.517. The van der Waals surface area contributed by atoms with Crippen LogP contribution in [0.4, 0.5) is 5.13 Å². The largest absolute Gasteiger partial charge is 0.383 e. The Bertz CT molecular complexity index is 401. The van der Waals surface area contributed by atoms with Crippen LogP contribution >= 0.6 is 11.3 Å². The van der Waals surface area contributed by atoms with Crippen LogP contribution < -0.4 is 10.2 Å².